The van der Waals surface area contributed by atoms with Crippen LogP contribution in [0.3, 0.4) is 0 Å². The van der Waals surface area contributed by atoms with Crippen LogP contribution in [-0.4, -0.2) is 21.6 Å². The number of carbonyl (C=O) groups excluding carboxylic acids is 2. The monoisotopic (exact) mass is 474 g/mol. The minimum absolute atomic E-state index is 0.282. The second-order valence-corrected chi connectivity index (χ2v) is 7.65. The normalized spacial score (nSPS) is 10.5. The van der Waals surface area contributed by atoms with Crippen LogP contribution in [0.5, 0.6) is 0 Å². The highest BCUT2D eigenvalue weighted by molar-refractivity contribution is 9.10. The summed E-state index contributed by atoms with van der Waals surface area (Å²) in [4.78, 5) is 25.4. The molecule has 0 radical (unpaired) electrons. The predicted molar refractivity (Wildman–Crippen MR) is 123 cm³/mol. The molecular formula is C24H19BrN4O2. The van der Waals surface area contributed by atoms with Gasteiger partial charge in [0.05, 0.1) is 28.7 Å². The van der Waals surface area contributed by atoms with Gasteiger partial charge in [-0.3, -0.25) is 9.59 Å². The van der Waals surface area contributed by atoms with Gasteiger partial charge >= 0.3 is 0 Å². The van der Waals surface area contributed by atoms with Crippen LogP contribution in [0.15, 0.2) is 95.7 Å². The lowest BCUT2D eigenvalue weighted by Gasteiger charge is -2.12. The van der Waals surface area contributed by atoms with E-state index in [0.29, 0.717) is 27.8 Å². The largest absolute Gasteiger partial charge is 0.348 e. The van der Waals surface area contributed by atoms with E-state index in [0.717, 1.165) is 11.3 Å². The summed E-state index contributed by atoms with van der Waals surface area (Å²) in [6, 6.07) is 23.8. The zero-order chi connectivity index (χ0) is 21.6. The molecule has 0 aliphatic rings. The van der Waals surface area contributed by atoms with Crippen molar-refractivity contribution in [2.45, 2.75) is 6.54 Å². The number of halogens is 1. The highest BCUT2D eigenvalue weighted by Crippen LogP contribution is 2.20. The number of aromatic nitrogens is 2. The van der Waals surface area contributed by atoms with Crippen molar-refractivity contribution in [3.8, 4) is 5.69 Å². The Morgan fingerprint density at radius 2 is 1.52 bits per heavy atom. The minimum atomic E-state index is -0.295. The number of nitrogens with one attached hydrogen (secondary N) is 2. The van der Waals surface area contributed by atoms with Crippen LogP contribution >= 0.6 is 15.9 Å². The number of carbonyl (C=O) groups is 2. The third-order valence-corrected chi connectivity index (χ3v) is 5.34. The van der Waals surface area contributed by atoms with E-state index in [9.17, 15) is 9.59 Å². The van der Waals surface area contributed by atoms with Crippen molar-refractivity contribution in [1.29, 1.82) is 0 Å². The first kappa shape index (κ1) is 20.6. The minimum Gasteiger partial charge on any atom is -0.348 e. The van der Waals surface area contributed by atoms with E-state index in [1.54, 1.807) is 53.3 Å². The first-order chi connectivity index (χ1) is 15.1. The van der Waals surface area contributed by atoms with Crippen molar-refractivity contribution in [2.75, 3.05) is 5.32 Å². The van der Waals surface area contributed by atoms with Crippen molar-refractivity contribution in [3.63, 3.8) is 0 Å². The van der Waals surface area contributed by atoms with Crippen LogP contribution in [0.4, 0.5) is 5.69 Å². The van der Waals surface area contributed by atoms with E-state index in [1.165, 1.54) is 0 Å². The Hall–Kier alpha value is -3.71. The van der Waals surface area contributed by atoms with E-state index in [4.69, 9.17) is 0 Å². The number of amides is 2. The average Bonchev–Trinajstić information content (AvgIpc) is 3.28. The van der Waals surface area contributed by atoms with Crippen LogP contribution in [0.1, 0.15) is 26.3 Å². The van der Waals surface area contributed by atoms with E-state index >= 15 is 0 Å². The zero-order valence-electron chi connectivity index (χ0n) is 16.5. The maximum Gasteiger partial charge on any atom is 0.256 e. The summed E-state index contributed by atoms with van der Waals surface area (Å²) in [6.45, 7) is 0.318. The smallest absolute Gasteiger partial charge is 0.256 e. The van der Waals surface area contributed by atoms with Gasteiger partial charge in [-0.05, 0) is 52.3 Å². The summed E-state index contributed by atoms with van der Waals surface area (Å²) in [7, 11) is 0. The second-order valence-electron chi connectivity index (χ2n) is 6.79. The molecule has 0 aliphatic heterocycles. The highest BCUT2D eigenvalue weighted by atomic mass is 79.9. The molecule has 4 aromatic rings. The molecule has 7 heteroatoms. The third kappa shape index (κ3) is 4.90. The fraction of sp³-hybridized carbons (Fsp3) is 0.0417. The molecule has 0 bridgehead atoms. The second kappa shape index (κ2) is 9.40. The van der Waals surface area contributed by atoms with Gasteiger partial charge in [0.1, 0.15) is 0 Å². The summed E-state index contributed by atoms with van der Waals surface area (Å²) < 4.78 is 2.44. The molecule has 0 atom stereocenters. The van der Waals surface area contributed by atoms with Crippen molar-refractivity contribution in [1.82, 2.24) is 15.1 Å². The van der Waals surface area contributed by atoms with Crippen LogP contribution in [-0.2, 0) is 6.54 Å². The molecule has 6 nitrogen and oxygen atoms in total. The molecule has 0 fully saturated rings. The van der Waals surface area contributed by atoms with Crippen molar-refractivity contribution in [3.05, 3.63) is 112 Å². The van der Waals surface area contributed by atoms with E-state index in [2.05, 4.69) is 31.7 Å². The van der Waals surface area contributed by atoms with Gasteiger partial charge in [-0.1, -0.05) is 42.5 Å². The van der Waals surface area contributed by atoms with Crippen LogP contribution in [0, 0.1) is 0 Å². The highest BCUT2D eigenvalue weighted by Gasteiger charge is 2.15. The molecule has 3 aromatic carbocycles. The van der Waals surface area contributed by atoms with Crippen molar-refractivity contribution < 1.29 is 9.59 Å². The molecule has 0 unspecified atom stereocenters. The van der Waals surface area contributed by atoms with Crippen molar-refractivity contribution in [2.24, 2.45) is 0 Å². The number of benzene rings is 3. The fourth-order valence-corrected chi connectivity index (χ4v) is 3.54. The summed E-state index contributed by atoms with van der Waals surface area (Å²) in [5.74, 6) is -0.577. The number of rotatable bonds is 6. The summed E-state index contributed by atoms with van der Waals surface area (Å²) in [5, 5.41) is 10.1. The summed E-state index contributed by atoms with van der Waals surface area (Å²) in [6.07, 6.45) is 3.59. The van der Waals surface area contributed by atoms with Gasteiger partial charge in [0.25, 0.3) is 11.8 Å². The molecule has 0 saturated carbocycles. The first-order valence-electron chi connectivity index (χ1n) is 9.64. The van der Waals surface area contributed by atoms with Crippen LogP contribution in [0.25, 0.3) is 5.69 Å². The number of hydrogen-bond acceptors (Lipinski definition) is 3. The number of hydrogen-bond donors (Lipinski definition) is 2. The third-order valence-electron chi connectivity index (χ3n) is 4.65. The van der Waals surface area contributed by atoms with Gasteiger partial charge in [-0.25, -0.2) is 4.68 Å². The van der Waals surface area contributed by atoms with Gasteiger partial charge in [-0.15, -0.1) is 0 Å². The molecule has 154 valence electrons. The maximum absolute atomic E-state index is 12.8. The average molecular weight is 475 g/mol. The van der Waals surface area contributed by atoms with Gasteiger partial charge in [0, 0.05) is 22.8 Å². The summed E-state index contributed by atoms with van der Waals surface area (Å²) >= 11 is 3.38. The Kier molecular flexibility index (Phi) is 6.24. The van der Waals surface area contributed by atoms with Crippen LogP contribution in [0.2, 0.25) is 0 Å². The van der Waals surface area contributed by atoms with Gasteiger partial charge < -0.3 is 10.6 Å². The molecule has 0 aliphatic carbocycles. The van der Waals surface area contributed by atoms with Crippen LogP contribution < -0.4 is 10.6 Å². The Morgan fingerprint density at radius 3 is 2.29 bits per heavy atom. The fourth-order valence-electron chi connectivity index (χ4n) is 3.08. The topological polar surface area (TPSA) is 76.0 Å². The quantitative estimate of drug-likeness (QED) is 0.420. The van der Waals surface area contributed by atoms with E-state index < -0.39 is 0 Å². The number of para-hydroxylation sites is 2. The van der Waals surface area contributed by atoms with E-state index in [-0.39, 0.29) is 11.8 Å². The Labute approximate surface area is 188 Å². The molecule has 4 rings (SSSR count). The van der Waals surface area contributed by atoms with Gasteiger partial charge in [-0.2, -0.15) is 5.10 Å². The lowest BCUT2D eigenvalue weighted by molar-refractivity contribution is 0.0952. The number of anilines is 1. The van der Waals surface area contributed by atoms with Gasteiger partial charge in [0.15, 0.2) is 0 Å². The lowest BCUT2D eigenvalue weighted by atomic mass is 10.1. The Morgan fingerprint density at radius 1 is 0.839 bits per heavy atom. The molecule has 31 heavy (non-hydrogen) atoms. The Bertz CT molecular complexity index is 1220. The Balaban J connectivity index is 1.44. The molecule has 0 spiro atoms. The SMILES string of the molecule is O=C(Nc1ccccc1C(=O)NCc1cnn(-c2ccccc2)c1)c1ccccc1Br. The first-order valence-corrected chi connectivity index (χ1v) is 10.4. The molecule has 2 N–H and O–H groups in total. The lowest BCUT2D eigenvalue weighted by Crippen LogP contribution is -2.24. The maximum atomic E-state index is 12.8. The predicted octanol–water partition coefficient (Wildman–Crippen LogP) is 4.82. The molecule has 0 saturated heterocycles. The molecule has 1 heterocycles. The summed E-state index contributed by atoms with van der Waals surface area (Å²) in [5.41, 5.74) is 3.14. The van der Waals surface area contributed by atoms with E-state index in [1.807, 2.05) is 42.6 Å². The standard InChI is InChI=1S/C24H19BrN4O2/c25-21-12-6-4-10-19(21)24(31)28-22-13-7-5-11-20(22)23(30)26-14-17-15-27-29(16-17)18-8-2-1-3-9-18/h1-13,15-16H,14H2,(H,26,30)(H,28,31). The molecule has 2 amide bonds. The molecular weight excluding hydrogens is 456 g/mol. The zero-order valence-corrected chi connectivity index (χ0v) is 18.0. The number of nitrogens with zero attached hydrogens (tertiary/aromatic N) is 2. The van der Waals surface area contributed by atoms with Crippen molar-refractivity contribution >= 4 is 33.4 Å². The molecule has 1 aromatic heterocycles. The van der Waals surface area contributed by atoms with Gasteiger partial charge in [0.2, 0.25) is 0 Å².